The van der Waals surface area contributed by atoms with Crippen molar-refractivity contribution in [3.05, 3.63) is 83.4 Å². The molecule has 2 aliphatic rings. The molecule has 3 aromatic rings. The van der Waals surface area contributed by atoms with Crippen molar-refractivity contribution in [3.8, 4) is 5.75 Å². The van der Waals surface area contributed by atoms with Crippen molar-refractivity contribution in [1.29, 1.82) is 0 Å². The van der Waals surface area contributed by atoms with Crippen LogP contribution in [-0.2, 0) is 0 Å². The van der Waals surface area contributed by atoms with E-state index in [1.165, 1.54) is 25.8 Å². The van der Waals surface area contributed by atoms with Crippen molar-refractivity contribution in [3.63, 3.8) is 0 Å². The number of rotatable bonds is 9. The third-order valence-electron chi connectivity index (χ3n) is 6.71. The maximum absolute atomic E-state index is 11.6. The second kappa shape index (κ2) is 10.4. The normalized spacial score (nSPS) is 18.9. The van der Waals surface area contributed by atoms with Gasteiger partial charge in [0.15, 0.2) is 0 Å². The minimum Gasteiger partial charge on any atom is -0.489 e. The topological polar surface area (TPSA) is 73.8 Å². The first-order valence-corrected chi connectivity index (χ1v) is 12.0. The van der Waals surface area contributed by atoms with Gasteiger partial charge >= 0.3 is 0 Å². The summed E-state index contributed by atoms with van der Waals surface area (Å²) < 4.78 is 6.30. The number of fused-ring (bicyclic) bond motifs is 1. The number of amides is 1. The summed E-state index contributed by atoms with van der Waals surface area (Å²) in [5.74, 6) is 0.359. The van der Waals surface area contributed by atoms with Gasteiger partial charge in [0.2, 0.25) is 0 Å². The Morgan fingerprint density at radius 1 is 1.03 bits per heavy atom. The SMILES string of the molecule is O=C(NO)c1ccc(C=C(CNC2CCN(C3CC3)C2)COc2cccc3ccccc23)cc1. The fourth-order valence-electron chi connectivity index (χ4n) is 4.67. The molecular formula is C28H31N3O3. The van der Waals surface area contributed by atoms with Gasteiger partial charge in [-0.2, -0.15) is 0 Å². The first-order chi connectivity index (χ1) is 16.7. The molecule has 1 aliphatic heterocycles. The summed E-state index contributed by atoms with van der Waals surface area (Å²) in [6.45, 7) is 3.52. The second-order valence-electron chi connectivity index (χ2n) is 9.22. The molecule has 6 heteroatoms. The van der Waals surface area contributed by atoms with E-state index >= 15 is 0 Å². The molecule has 6 nitrogen and oxygen atoms in total. The number of likely N-dealkylation sites (tertiary alicyclic amines) is 1. The van der Waals surface area contributed by atoms with Gasteiger partial charge in [0.05, 0.1) is 0 Å². The summed E-state index contributed by atoms with van der Waals surface area (Å²) in [7, 11) is 0. The molecule has 1 amide bonds. The number of benzene rings is 3. The van der Waals surface area contributed by atoms with Crippen LogP contribution in [0.15, 0.2) is 72.3 Å². The number of carbonyl (C=O) groups excluding carboxylic acids is 1. The van der Waals surface area contributed by atoms with Crippen molar-refractivity contribution in [2.45, 2.75) is 31.3 Å². The van der Waals surface area contributed by atoms with E-state index in [1.54, 1.807) is 17.6 Å². The Morgan fingerprint density at radius 2 is 1.82 bits per heavy atom. The molecule has 1 saturated carbocycles. The molecule has 2 fully saturated rings. The summed E-state index contributed by atoms with van der Waals surface area (Å²) in [6, 6.07) is 22.9. The summed E-state index contributed by atoms with van der Waals surface area (Å²) in [5.41, 5.74) is 4.21. The number of ether oxygens (including phenoxy) is 1. The lowest BCUT2D eigenvalue weighted by atomic mass is 10.1. The lowest BCUT2D eigenvalue weighted by molar-refractivity contribution is 0.0706. The largest absolute Gasteiger partial charge is 0.489 e. The minimum atomic E-state index is -0.516. The van der Waals surface area contributed by atoms with Gasteiger partial charge in [0.1, 0.15) is 12.4 Å². The maximum atomic E-state index is 11.6. The average molecular weight is 458 g/mol. The zero-order valence-corrected chi connectivity index (χ0v) is 19.2. The molecule has 3 aromatic carbocycles. The number of hydrogen-bond donors (Lipinski definition) is 3. The summed E-state index contributed by atoms with van der Waals surface area (Å²) >= 11 is 0. The van der Waals surface area contributed by atoms with E-state index in [4.69, 9.17) is 9.94 Å². The Morgan fingerprint density at radius 3 is 2.62 bits per heavy atom. The highest BCUT2D eigenvalue weighted by atomic mass is 16.5. The molecule has 34 heavy (non-hydrogen) atoms. The molecule has 1 heterocycles. The van der Waals surface area contributed by atoms with Crippen LogP contribution < -0.4 is 15.5 Å². The van der Waals surface area contributed by atoms with Gasteiger partial charge in [-0.25, -0.2) is 5.48 Å². The van der Waals surface area contributed by atoms with Crippen LogP contribution in [0.5, 0.6) is 5.75 Å². The molecule has 5 rings (SSSR count). The zero-order chi connectivity index (χ0) is 23.3. The first-order valence-electron chi connectivity index (χ1n) is 12.0. The molecule has 3 N–H and O–H groups in total. The zero-order valence-electron chi connectivity index (χ0n) is 19.2. The standard InChI is InChI=1S/C28H31N3O3/c32-28(30-33)23-10-8-20(9-11-23)16-21(17-29-24-14-15-31(18-24)25-12-13-25)19-34-27-7-3-5-22-4-1-2-6-26(22)27/h1-11,16,24-25,29,33H,12-15,17-19H2,(H,30,32). The van der Waals surface area contributed by atoms with Crippen LogP contribution in [-0.4, -0.2) is 54.3 Å². The number of nitrogens with one attached hydrogen (secondary N) is 2. The second-order valence-corrected chi connectivity index (χ2v) is 9.22. The van der Waals surface area contributed by atoms with Crippen molar-refractivity contribution in [2.75, 3.05) is 26.2 Å². The van der Waals surface area contributed by atoms with E-state index in [1.807, 2.05) is 36.4 Å². The molecule has 0 radical (unpaired) electrons. The van der Waals surface area contributed by atoms with Crippen molar-refractivity contribution in [1.82, 2.24) is 15.7 Å². The molecular weight excluding hydrogens is 426 g/mol. The van der Waals surface area contributed by atoms with Gasteiger partial charge < -0.3 is 10.1 Å². The molecule has 0 bridgehead atoms. The van der Waals surface area contributed by atoms with Crippen LogP contribution in [0.2, 0.25) is 0 Å². The predicted molar refractivity (Wildman–Crippen MR) is 134 cm³/mol. The lowest BCUT2D eigenvalue weighted by Crippen LogP contribution is -2.35. The Hall–Kier alpha value is -3.19. The number of hydrogen-bond acceptors (Lipinski definition) is 5. The Balaban J connectivity index is 1.30. The highest BCUT2D eigenvalue weighted by Gasteiger charge is 2.34. The minimum absolute atomic E-state index is 0.414. The number of hydroxylamine groups is 1. The van der Waals surface area contributed by atoms with Crippen molar-refractivity contribution >= 4 is 22.8 Å². The van der Waals surface area contributed by atoms with Crippen LogP contribution in [0, 0.1) is 0 Å². The molecule has 0 aromatic heterocycles. The van der Waals surface area contributed by atoms with E-state index < -0.39 is 5.91 Å². The number of nitrogens with zero attached hydrogens (tertiary/aromatic N) is 1. The van der Waals surface area contributed by atoms with Gasteiger partial charge in [0, 0.05) is 42.7 Å². The highest BCUT2D eigenvalue weighted by Crippen LogP contribution is 2.30. The van der Waals surface area contributed by atoms with Crippen molar-refractivity contribution in [2.24, 2.45) is 0 Å². The van der Waals surface area contributed by atoms with E-state index in [9.17, 15) is 4.79 Å². The van der Waals surface area contributed by atoms with Crippen LogP contribution >= 0.6 is 0 Å². The molecule has 1 saturated heterocycles. The van der Waals surface area contributed by atoms with Gasteiger partial charge in [-0.1, -0.05) is 54.6 Å². The van der Waals surface area contributed by atoms with Crippen LogP contribution in [0.3, 0.4) is 0 Å². The monoisotopic (exact) mass is 457 g/mol. The van der Waals surface area contributed by atoms with Gasteiger partial charge in [-0.05, 0) is 54.0 Å². The quantitative estimate of drug-likeness (QED) is 0.331. The van der Waals surface area contributed by atoms with Gasteiger partial charge in [0.25, 0.3) is 5.91 Å². The molecule has 0 spiro atoms. The fraction of sp³-hybridized carbons (Fsp3) is 0.321. The molecule has 176 valence electrons. The predicted octanol–water partition coefficient (Wildman–Crippen LogP) is 4.25. The lowest BCUT2D eigenvalue weighted by Gasteiger charge is -2.18. The molecule has 1 unspecified atom stereocenters. The summed E-state index contributed by atoms with van der Waals surface area (Å²) in [4.78, 5) is 14.2. The number of carbonyl (C=O) groups is 1. The van der Waals surface area contributed by atoms with Crippen LogP contribution in [0.4, 0.5) is 0 Å². The summed E-state index contributed by atoms with van der Waals surface area (Å²) in [5, 5.41) is 14.9. The fourth-order valence-corrected chi connectivity index (χ4v) is 4.67. The average Bonchev–Trinajstić information content (AvgIpc) is 3.63. The van der Waals surface area contributed by atoms with Gasteiger partial charge in [-0.15, -0.1) is 0 Å². The van der Waals surface area contributed by atoms with Gasteiger partial charge in [-0.3, -0.25) is 14.9 Å². The van der Waals surface area contributed by atoms with E-state index in [-0.39, 0.29) is 0 Å². The Kier molecular flexibility index (Phi) is 6.90. The van der Waals surface area contributed by atoms with E-state index in [2.05, 4.69) is 34.5 Å². The smallest absolute Gasteiger partial charge is 0.274 e. The van der Waals surface area contributed by atoms with E-state index in [0.717, 1.165) is 46.8 Å². The summed E-state index contributed by atoms with van der Waals surface area (Å²) in [6.07, 6.45) is 5.99. The first kappa shape index (κ1) is 22.6. The highest BCUT2D eigenvalue weighted by molar-refractivity contribution is 5.93. The van der Waals surface area contributed by atoms with Crippen molar-refractivity contribution < 1.29 is 14.7 Å². The third kappa shape index (κ3) is 5.47. The van der Waals surface area contributed by atoms with Crippen LogP contribution in [0.1, 0.15) is 35.2 Å². The molecule has 1 atom stereocenters. The Bertz CT molecular complexity index is 1170. The maximum Gasteiger partial charge on any atom is 0.274 e. The van der Waals surface area contributed by atoms with E-state index in [0.29, 0.717) is 18.2 Å². The third-order valence-corrected chi connectivity index (χ3v) is 6.71. The molecule has 1 aliphatic carbocycles. The van der Waals surface area contributed by atoms with Crippen LogP contribution in [0.25, 0.3) is 16.8 Å². The Labute approximate surface area is 200 Å².